The van der Waals surface area contributed by atoms with Gasteiger partial charge >= 0.3 is 0 Å². The molecule has 1 heterocycles. The molecule has 3 heteroatoms. The fraction of sp³-hybridized carbons (Fsp3) is 0.533. The highest BCUT2D eigenvalue weighted by molar-refractivity contribution is 5.85. The molecule has 1 aromatic rings. The maximum Gasteiger partial charge on any atom is 0.226 e. The van der Waals surface area contributed by atoms with Crippen molar-refractivity contribution in [3.8, 4) is 0 Å². The Hall–Kier alpha value is -1.35. The second-order valence-corrected chi connectivity index (χ2v) is 5.52. The van der Waals surface area contributed by atoms with Gasteiger partial charge in [0.05, 0.1) is 12.0 Å². The van der Waals surface area contributed by atoms with E-state index in [4.69, 9.17) is 5.11 Å². The van der Waals surface area contributed by atoms with Gasteiger partial charge in [0.15, 0.2) is 0 Å². The van der Waals surface area contributed by atoms with E-state index in [-0.39, 0.29) is 23.8 Å². The van der Waals surface area contributed by atoms with Crippen molar-refractivity contribution in [2.24, 2.45) is 11.3 Å². The molecule has 1 amide bonds. The van der Waals surface area contributed by atoms with Crippen molar-refractivity contribution in [2.75, 3.05) is 6.54 Å². The third-order valence-corrected chi connectivity index (χ3v) is 4.64. The van der Waals surface area contributed by atoms with Gasteiger partial charge in [-0.05, 0) is 29.9 Å². The fourth-order valence-corrected chi connectivity index (χ4v) is 2.75. The van der Waals surface area contributed by atoms with Gasteiger partial charge in [0, 0.05) is 6.54 Å². The zero-order valence-electron chi connectivity index (χ0n) is 11.2. The minimum Gasteiger partial charge on any atom is -0.392 e. The Morgan fingerprint density at radius 3 is 2.50 bits per heavy atom. The summed E-state index contributed by atoms with van der Waals surface area (Å²) in [6, 6.07) is 7.87. The number of aliphatic hydroxyl groups excluding tert-OH is 1. The van der Waals surface area contributed by atoms with Crippen LogP contribution >= 0.6 is 0 Å². The molecule has 1 fully saturated rings. The Labute approximate surface area is 108 Å². The lowest BCUT2D eigenvalue weighted by atomic mass is 9.68. The van der Waals surface area contributed by atoms with E-state index in [0.717, 1.165) is 17.7 Å². The van der Waals surface area contributed by atoms with Gasteiger partial charge < -0.3 is 10.4 Å². The molecule has 1 aliphatic rings. The predicted molar refractivity (Wildman–Crippen MR) is 71.1 cm³/mol. The number of amides is 1. The molecular formula is C15H21NO2. The van der Waals surface area contributed by atoms with Crippen molar-refractivity contribution in [2.45, 2.75) is 33.3 Å². The molecule has 0 bridgehead atoms. The average Bonchev–Trinajstić information content (AvgIpc) is 2.67. The van der Waals surface area contributed by atoms with Crippen LogP contribution in [0.25, 0.3) is 0 Å². The number of rotatable bonds is 3. The Morgan fingerprint density at radius 1 is 1.44 bits per heavy atom. The fourth-order valence-electron chi connectivity index (χ4n) is 2.75. The van der Waals surface area contributed by atoms with Gasteiger partial charge in [0.2, 0.25) is 5.91 Å². The molecule has 1 aromatic carbocycles. The molecule has 0 aliphatic carbocycles. The molecule has 1 unspecified atom stereocenters. The van der Waals surface area contributed by atoms with Crippen LogP contribution in [0.4, 0.5) is 0 Å². The molecule has 2 rings (SSSR count). The number of benzene rings is 1. The van der Waals surface area contributed by atoms with Gasteiger partial charge in [-0.2, -0.15) is 0 Å². The molecule has 2 N–H and O–H groups in total. The van der Waals surface area contributed by atoms with Crippen molar-refractivity contribution >= 4 is 5.91 Å². The van der Waals surface area contributed by atoms with Crippen LogP contribution in [0.3, 0.4) is 0 Å². The summed E-state index contributed by atoms with van der Waals surface area (Å²) < 4.78 is 0. The maximum absolute atomic E-state index is 12.1. The highest BCUT2D eigenvalue weighted by atomic mass is 16.3. The number of nitrogens with one attached hydrogen (secondary N) is 1. The lowest BCUT2D eigenvalue weighted by Gasteiger charge is -2.33. The summed E-state index contributed by atoms with van der Waals surface area (Å²) in [7, 11) is 0. The Morgan fingerprint density at radius 2 is 2.06 bits per heavy atom. The minimum atomic E-state index is -0.346. The molecule has 98 valence electrons. The van der Waals surface area contributed by atoms with Gasteiger partial charge in [-0.1, -0.05) is 38.1 Å². The SMILES string of the molecule is CC(c1ccc(CO)cc1)[C@@]1(C)C(=O)NC[C@@H]1C. The Kier molecular flexibility index (Phi) is 3.44. The first kappa shape index (κ1) is 13.1. The van der Waals surface area contributed by atoms with E-state index in [9.17, 15) is 4.79 Å². The Bertz CT molecular complexity index is 440. The molecular weight excluding hydrogens is 226 g/mol. The first-order valence-electron chi connectivity index (χ1n) is 6.48. The molecule has 1 saturated heterocycles. The number of hydrogen-bond acceptors (Lipinski definition) is 2. The van der Waals surface area contributed by atoms with Crippen molar-refractivity contribution in [3.63, 3.8) is 0 Å². The van der Waals surface area contributed by atoms with E-state index in [0.29, 0.717) is 5.92 Å². The van der Waals surface area contributed by atoms with Crippen molar-refractivity contribution in [3.05, 3.63) is 35.4 Å². The molecule has 18 heavy (non-hydrogen) atoms. The molecule has 3 atom stereocenters. The van der Waals surface area contributed by atoms with Crippen LogP contribution in [0, 0.1) is 11.3 Å². The van der Waals surface area contributed by atoms with Crippen LogP contribution < -0.4 is 5.32 Å². The summed E-state index contributed by atoms with van der Waals surface area (Å²) in [6.45, 7) is 7.09. The summed E-state index contributed by atoms with van der Waals surface area (Å²) in [5.41, 5.74) is 1.71. The standard InChI is InChI=1S/C15H21NO2/c1-10-8-16-14(18)15(10,3)11(2)13-6-4-12(9-17)5-7-13/h4-7,10-11,17H,8-9H2,1-3H3,(H,16,18)/t10-,11?,15-/m0/s1. The highest BCUT2D eigenvalue weighted by Crippen LogP contribution is 2.44. The van der Waals surface area contributed by atoms with Crippen LogP contribution in [0.5, 0.6) is 0 Å². The number of aliphatic hydroxyl groups is 1. The zero-order valence-corrected chi connectivity index (χ0v) is 11.2. The van der Waals surface area contributed by atoms with Gasteiger partial charge in [0.25, 0.3) is 0 Å². The average molecular weight is 247 g/mol. The third-order valence-electron chi connectivity index (χ3n) is 4.64. The monoisotopic (exact) mass is 247 g/mol. The van der Waals surface area contributed by atoms with Gasteiger partial charge in [0.1, 0.15) is 0 Å². The molecule has 3 nitrogen and oxygen atoms in total. The molecule has 0 radical (unpaired) electrons. The number of hydrogen-bond donors (Lipinski definition) is 2. The van der Waals surface area contributed by atoms with E-state index >= 15 is 0 Å². The van der Waals surface area contributed by atoms with Gasteiger partial charge in [-0.15, -0.1) is 0 Å². The molecule has 0 aromatic heterocycles. The maximum atomic E-state index is 12.1. The Balaban J connectivity index is 2.29. The summed E-state index contributed by atoms with van der Waals surface area (Å²) >= 11 is 0. The van der Waals surface area contributed by atoms with E-state index in [2.05, 4.69) is 19.2 Å². The number of carbonyl (C=O) groups excluding carboxylic acids is 1. The van der Waals surface area contributed by atoms with E-state index < -0.39 is 0 Å². The largest absolute Gasteiger partial charge is 0.392 e. The van der Waals surface area contributed by atoms with Crippen molar-refractivity contribution < 1.29 is 9.90 Å². The molecule has 0 spiro atoms. The smallest absolute Gasteiger partial charge is 0.226 e. The van der Waals surface area contributed by atoms with Crippen LogP contribution in [0.15, 0.2) is 24.3 Å². The second-order valence-electron chi connectivity index (χ2n) is 5.52. The quantitative estimate of drug-likeness (QED) is 0.859. The van der Waals surface area contributed by atoms with Crippen LogP contribution in [0.1, 0.15) is 37.8 Å². The topological polar surface area (TPSA) is 49.3 Å². The minimum absolute atomic E-state index is 0.0584. The van der Waals surface area contributed by atoms with E-state index in [1.54, 1.807) is 0 Å². The first-order chi connectivity index (χ1) is 8.50. The summed E-state index contributed by atoms with van der Waals surface area (Å²) in [6.07, 6.45) is 0. The third kappa shape index (κ3) is 1.93. The van der Waals surface area contributed by atoms with Gasteiger partial charge in [-0.25, -0.2) is 0 Å². The highest BCUT2D eigenvalue weighted by Gasteiger charge is 2.48. The van der Waals surface area contributed by atoms with E-state index in [1.165, 1.54) is 0 Å². The summed E-state index contributed by atoms with van der Waals surface area (Å²) in [4.78, 5) is 12.1. The lowest BCUT2D eigenvalue weighted by Crippen LogP contribution is -2.36. The van der Waals surface area contributed by atoms with Crippen molar-refractivity contribution in [1.82, 2.24) is 5.32 Å². The van der Waals surface area contributed by atoms with Gasteiger partial charge in [-0.3, -0.25) is 4.79 Å². The summed E-state index contributed by atoms with van der Waals surface area (Å²) in [5, 5.41) is 12.0. The second kappa shape index (κ2) is 4.73. The van der Waals surface area contributed by atoms with Crippen LogP contribution in [-0.2, 0) is 11.4 Å². The van der Waals surface area contributed by atoms with Crippen LogP contribution in [0.2, 0.25) is 0 Å². The molecule has 1 aliphatic heterocycles. The zero-order chi connectivity index (χ0) is 13.3. The van der Waals surface area contributed by atoms with Crippen LogP contribution in [-0.4, -0.2) is 17.6 Å². The van der Waals surface area contributed by atoms with Crippen molar-refractivity contribution in [1.29, 1.82) is 0 Å². The van der Waals surface area contributed by atoms with E-state index in [1.807, 2.05) is 31.2 Å². The first-order valence-corrected chi connectivity index (χ1v) is 6.48. The lowest BCUT2D eigenvalue weighted by molar-refractivity contribution is -0.128. The number of carbonyl (C=O) groups is 1. The molecule has 0 saturated carbocycles. The predicted octanol–water partition coefficient (Wildman–Crippen LogP) is 2.05. The summed E-state index contributed by atoms with van der Waals surface area (Å²) in [5.74, 6) is 0.647. The normalized spacial score (nSPS) is 29.1.